The van der Waals surface area contributed by atoms with Gasteiger partial charge in [0.1, 0.15) is 0 Å². The lowest BCUT2D eigenvalue weighted by atomic mass is 10.3. The number of hydrogen-bond acceptors (Lipinski definition) is 4. The van der Waals surface area contributed by atoms with Crippen LogP contribution in [0.2, 0.25) is 0 Å². The van der Waals surface area contributed by atoms with E-state index in [4.69, 9.17) is 0 Å². The Balaban J connectivity index is 2.31. The van der Waals surface area contributed by atoms with Crippen molar-refractivity contribution in [3.05, 3.63) is 0 Å². The lowest BCUT2D eigenvalue weighted by Crippen LogP contribution is -2.37. The molecule has 0 aliphatic carbocycles. The van der Waals surface area contributed by atoms with E-state index in [-0.39, 0.29) is 17.9 Å². The maximum atomic E-state index is 11.7. The third-order valence-corrected chi connectivity index (χ3v) is 3.69. The van der Waals surface area contributed by atoms with Crippen LogP contribution in [0.25, 0.3) is 0 Å². The molecule has 0 aromatic rings. The third kappa shape index (κ3) is 4.69. The lowest BCUT2D eigenvalue weighted by Gasteiger charge is -2.12. The van der Waals surface area contributed by atoms with E-state index in [0.717, 1.165) is 0 Å². The van der Waals surface area contributed by atoms with Crippen molar-refractivity contribution in [2.45, 2.75) is 18.6 Å². The zero-order valence-corrected chi connectivity index (χ0v) is 8.90. The van der Waals surface area contributed by atoms with Crippen molar-refractivity contribution in [2.75, 3.05) is 18.1 Å². The van der Waals surface area contributed by atoms with Crippen molar-refractivity contribution >= 4 is 15.9 Å². The number of hydrogen-bond donors (Lipinski definition) is 1. The van der Waals surface area contributed by atoms with Gasteiger partial charge in [-0.1, -0.05) is 0 Å². The van der Waals surface area contributed by atoms with Gasteiger partial charge in [0.2, 0.25) is 0 Å². The van der Waals surface area contributed by atoms with E-state index in [9.17, 15) is 26.4 Å². The number of alkyl halides is 3. The summed E-state index contributed by atoms with van der Waals surface area (Å²) in [6.07, 6.45) is -5.64. The van der Waals surface area contributed by atoms with Gasteiger partial charge in [-0.05, 0) is 6.42 Å². The molecular weight excluding hydrogens is 251 g/mol. The molecule has 0 spiro atoms. The second-order valence-corrected chi connectivity index (χ2v) is 5.66. The zero-order chi connectivity index (χ0) is 12.4. The molecule has 0 aromatic carbocycles. The van der Waals surface area contributed by atoms with E-state index < -0.39 is 34.8 Å². The number of nitrogens with one attached hydrogen (secondary N) is 1. The SMILES string of the molecule is O=C(N[C@H]1CCS(=O)(=O)C1)OCC(F)(F)F. The number of sulfone groups is 1. The number of rotatable bonds is 2. The van der Waals surface area contributed by atoms with Gasteiger partial charge in [-0.2, -0.15) is 13.2 Å². The Morgan fingerprint density at radius 3 is 2.50 bits per heavy atom. The summed E-state index contributed by atoms with van der Waals surface area (Å²) in [7, 11) is -3.18. The first-order chi connectivity index (χ1) is 7.18. The second kappa shape index (κ2) is 4.48. The Bertz CT molecular complexity index is 364. The van der Waals surface area contributed by atoms with Crippen molar-refractivity contribution in [3.8, 4) is 0 Å². The predicted octanol–water partition coefficient (Wildman–Crippen LogP) is 0.462. The summed E-state index contributed by atoms with van der Waals surface area (Å²) >= 11 is 0. The number of carbonyl (C=O) groups is 1. The summed E-state index contributed by atoms with van der Waals surface area (Å²) in [4.78, 5) is 10.8. The number of alkyl carbamates (subject to hydrolysis) is 1. The van der Waals surface area contributed by atoms with Gasteiger partial charge >= 0.3 is 12.3 Å². The Morgan fingerprint density at radius 2 is 2.06 bits per heavy atom. The van der Waals surface area contributed by atoms with Gasteiger partial charge in [-0.25, -0.2) is 13.2 Å². The second-order valence-electron chi connectivity index (χ2n) is 3.44. The van der Waals surface area contributed by atoms with E-state index in [1.807, 2.05) is 0 Å². The van der Waals surface area contributed by atoms with Crippen molar-refractivity contribution < 1.29 is 31.1 Å². The Hall–Kier alpha value is -0.990. The monoisotopic (exact) mass is 261 g/mol. The summed E-state index contributed by atoms with van der Waals surface area (Å²) < 4.78 is 60.8. The normalized spacial score (nSPS) is 24.1. The highest BCUT2D eigenvalue weighted by molar-refractivity contribution is 7.91. The van der Waals surface area contributed by atoms with Crippen LogP contribution in [0, 0.1) is 0 Å². The number of halogens is 3. The molecule has 0 unspecified atom stereocenters. The molecule has 1 aliphatic rings. The van der Waals surface area contributed by atoms with Crippen LogP contribution in [0.1, 0.15) is 6.42 Å². The minimum atomic E-state index is -4.58. The molecular formula is C7H10F3NO4S. The third-order valence-electron chi connectivity index (χ3n) is 1.92. The molecule has 0 radical (unpaired) electrons. The minimum Gasteiger partial charge on any atom is -0.440 e. The van der Waals surface area contributed by atoms with Gasteiger partial charge in [-0.15, -0.1) is 0 Å². The smallest absolute Gasteiger partial charge is 0.422 e. The maximum absolute atomic E-state index is 11.7. The fourth-order valence-corrected chi connectivity index (χ4v) is 2.94. The van der Waals surface area contributed by atoms with E-state index >= 15 is 0 Å². The summed E-state index contributed by atoms with van der Waals surface area (Å²) in [6, 6.07) is -0.661. The molecule has 1 atom stereocenters. The topological polar surface area (TPSA) is 72.5 Å². The summed E-state index contributed by atoms with van der Waals surface area (Å²) in [5, 5.41) is 2.07. The molecule has 0 saturated carbocycles. The first-order valence-electron chi connectivity index (χ1n) is 4.38. The molecule has 1 amide bonds. The van der Waals surface area contributed by atoms with Gasteiger partial charge in [0.15, 0.2) is 16.4 Å². The molecule has 9 heteroatoms. The fourth-order valence-electron chi connectivity index (χ4n) is 1.26. The van der Waals surface area contributed by atoms with E-state index in [0.29, 0.717) is 0 Å². The molecule has 16 heavy (non-hydrogen) atoms. The maximum Gasteiger partial charge on any atom is 0.422 e. The van der Waals surface area contributed by atoms with Gasteiger partial charge < -0.3 is 10.1 Å². The summed E-state index contributed by atoms with van der Waals surface area (Å²) in [6.45, 7) is -1.68. The van der Waals surface area contributed by atoms with E-state index in [2.05, 4.69) is 10.1 Å². The standard InChI is InChI=1S/C7H10F3NO4S/c8-7(9,10)4-15-6(12)11-5-1-2-16(13,14)3-5/h5H,1-4H2,(H,11,12)/t5-/m0/s1. The quantitative estimate of drug-likeness (QED) is 0.784. The molecule has 1 rings (SSSR count). The van der Waals surface area contributed by atoms with Crippen molar-refractivity contribution in [1.82, 2.24) is 5.32 Å². The van der Waals surface area contributed by atoms with Crippen LogP contribution in [0.15, 0.2) is 0 Å². The minimum absolute atomic E-state index is 0.0722. The van der Waals surface area contributed by atoms with Crippen LogP contribution in [-0.2, 0) is 14.6 Å². The molecule has 1 fully saturated rings. The average molecular weight is 261 g/mol. The molecule has 0 bridgehead atoms. The summed E-state index contributed by atoms with van der Waals surface area (Å²) in [5.41, 5.74) is 0. The van der Waals surface area contributed by atoms with Crippen LogP contribution < -0.4 is 5.32 Å². The van der Waals surface area contributed by atoms with Crippen LogP contribution >= 0.6 is 0 Å². The van der Waals surface area contributed by atoms with Gasteiger partial charge in [0, 0.05) is 6.04 Å². The van der Waals surface area contributed by atoms with Gasteiger partial charge in [0.05, 0.1) is 11.5 Å². The Kier molecular flexibility index (Phi) is 3.66. The van der Waals surface area contributed by atoms with Crippen LogP contribution in [0.5, 0.6) is 0 Å². The number of ether oxygens (including phenoxy) is 1. The van der Waals surface area contributed by atoms with Gasteiger partial charge in [0.25, 0.3) is 0 Å². The molecule has 5 nitrogen and oxygen atoms in total. The van der Waals surface area contributed by atoms with Crippen molar-refractivity contribution in [3.63, 3.8) is 0 Å². The number of amides is 1. The molecule has 0 aromatic heterocycles. The van der Waals surface area contributed by atoms with Crippen LogP contribution in [0.3, 0.4) is 0 Å². The first-order valence-corrected chi connectivity index (χ1v) is 6.20. The number of carbonyl (C=O) groups excluding carboxylic acids is 1. The Morgan fingerprint density at radius 1 is 1.44 bits per heavy atom. The van der Waals surface area contributed by atoms with E-state index in [1.165, 1.54) is 0 Å². The highest BCUT2D eigenvalue weighted by Crippen LogP contribution is 2.15. The van der Waals surface area contributed by atoms with Gasteiger partial charge in [-0.3, -0.25) is 0 Å². The van der Waals surface area contributed by atoms with Crippen molar-refractivity contribution in [2.24, 2.45) is 0 Å². The van der Waals surface area contributed by atoms with Crippen LogP contribution in [0.4, 0.5) is 18.0 Å². The van der Waals surface area contributed by atoms with Crippen molar-refractivity contribution in [1.29, 1.82) is 0 Å². The lowest BCUT2D eigenvalue weighted by molar-refractivity contribution is -0.160. The molecule has 94 valence electrons. The first kappa shape index (κ1) is 13.1. The highest BCUT2D eigenvalue weighted by atomic mass is 32.2. The Labute approximate surface area is 89.9 Å². The fraction of sp³-hybridized carbons (Fsp3) is 0.857. The molecule has 1 heterocycles. The highest BCUT2D eigenvalue weighted by Gasteiger charge is 2.32. The molecule has 1 aliphatic heterocycles. The largest absolute Gasteiger partial charge is 0.440 e. The summed E-state index contributed by atoms with van der Waals surface area (Å²) in [5.74, 6) is -0.328. The molecule has 1 saturated heterocycles. The predicted molar refractivity (Wildman–Crippen MR) is 47.6 cm³/mol. The molecule has 1 N–H and O–H groups in total. The van der Waals surface area contributed by atoms with E-state index in [1.54, 1.807) is 0 Å². The van der Waals surface area contributed by atoms with Crippen LogP contribution in [-0.4, -0.2) is 44.8 Å². The zero-order valence-electron chi connectivity index (χ0n) is 8.08. The average Bonchev–Trinajstić information content (AvgIpc) is 2.41.